The number of benzene rings is 3. The number of carbonyl (C=O) groups is 1. The molecule has 0 unspecified atom stereocenters. The Bertz CT molecular complexity index is 851. The first-order valence-electron chi connectivity index (χ1n) is 8.08. The molecule has 0 aliphatic carbocycles. The number of carbonyl (C=O) groups excluding carboxylic acids is 1. The van der Waals surface area contributed by atoms with Crippen molar-refractivity contribution in [3.63, 3.8) is 0 Å². The number of urea groups is 1. The number of hydrogen-bond acceptors (Lipinski definition) is 1. The largest absolute Gasteiger partial charge is 0.329 e. The lowest BCUT2D eigenvalue weighted by Crippen LogP contribution is -2.47. The zero-order valence-corrected chi connectivity index (χ0v) is 14.3. The second-order valence-electron chi connectivity index (χ2n) is 6.48. The molecule has 2 amide bonds. The Morgan fingerprint density at radius 2 is 1.50 bits per heavy atom. The Morgan fingerprint density at radius 1 is 0.875 bits per heavy atom. The maximum atomic E-state index is 12.7. The Labute approximate surface area is 142 Å². The average Bonchev–Trinajstić information content (AvgIpc) is 2.61. The Hall–Kier alpha value is -2.81. The van der Waals surface area contributed by atoms with Gasteiger partial charge in [0.05, 0.1) is 5.54 Å². The van der Waals surface area contributed by atoms with Gasteiger partial charge in [0.25, 0.3) is 0 Å². The number of para-hydroxylation sites is 1. The van der Waals surface area contributed by atoms with Crippen LogP contribution in [0.1, 0.15) is 19.4 Å². The predicted molar refractivity (Wildman–Crippen MR) is 100 cm³/mol. The molecule has 0 bridgehead atoms. The molecule has 0 fully saturated rings. The van der Waals surface area contributed by atoms with Crippen LogP contribution in [-0.2, 0) is 5.54 Å². The van der Waals surface area contributed by atoms with E-state index in [4.69, 9.17) is 0 Å². The molecule has 0 aromatic heterocycles. The third-order valence-corrected chi connectivity index (χ3v) is 4.33. The molecule has 0 spiro atoms. The summed E-state index contributed by atoms with van der Waals surface area (Å²) in [5.74, 6) is 0. The van der Waals surface area contributed by atoms with Crippen molar-refractivity contribution < 1.29 is 4.79 Å². The fourth-order valence-corrected chi connectivity index (χ4v) is 2.96. The van der Waals surface area contributed by atoms with Gasteiger partial charge in [-0.15, -0.1) is 0 Å². The lowest BCUT2D eigenvalue weighted by molar-refractivity contribution is 0.237. The Morgan fingerprint density at radius 3 is 2.25 bits per heavy atom. The zero-order valence-electron chi connectivity index (χ0n) is 14.3. The number of fused-ring (bicyclic) bond motifs is 1. The van der Waals surface area contributed by atoms with Gasteiger partial charge < -0.3 is 5.32 Å². The third kappa shape index (κ3) is 3.11. The van der Waals surface area contributed by atoms with Crippen molar-refractivity contribution in [2.45, 2.75) is 19.4 Å². The molecule has 3 rings (SSSR count). The van der Waals surface area contributed by atoms with Gasteiger partial charge in [0.15, 0.2) is 0 Å². The molecule has 3 heteroatoms. The molecule has 3 aromatic rings. The molecular formula is C21H22N2O. The summed E-state index contributed by atoms with van der Waals surface area (Å²) >= 11 is 0. The molecule has 3 aromatic carbocycles. The van der Waals surface area contributed by atoms with Gasteiger partial charge in [-0.2, -0.15) is 0 Å². The highest BCUT2D eigenvalue weighted by atomic mass is 16.2. The van der Waals surface area contributed by atoms with Crippen LogP contribution in [0.2, 0.25) is 0 Å². The summed E-state index contributed by atoms with van der Waals surface area (Å²) in [6, 6.07) is 23.9. The molecular weight excluding hydrogens is 296 g/mol. The van der Waals surface area contributed by atoms with Gasteiger partial charge in [0.2, 0.25) is 0 Å². The van der Waals surface area contributed by atoms with Crippen LogP contribution in [-0.4, -0.2) is 13.1 Å². The molecule has 122 valence electrons. The lowest BCUT2D eigenvalue weighted by atomic mass is 9.89. The van der Waals surface area contributed by atoms with Gasteiger partial charge in [0.1, 0.15) is 0 Å². The monoisotopic (exact) mass is 318 g/mol. The quantitative estimate of drug-likeness (QED) is 0.730. The summed E-state index contributed by atoms with van der Waals surface area (Å²) in [6.07, 6.45) is 0. The van der Waals surface area contributed by atoms with E-state index in [-0.39, 0.29) is 6.03 Å². The fraction of sp³-hybridized carbons (Fsp3) is 0.190. The van der Waals surface area contributed by atoms with Gasteiger partial charge in [-0.3, -0.25) is 4.90 Å². The third-order valence-electron chi connectivity index (χ3n) is 4.33. The highest BCUT2D eigenvalue weighted by Crippen LogP contribution is 2.28. The van der Waals surface area contributed by atoms with E-state index >= 15 is 0 Å². The van der Waals surface area contributed by atoms with E-state index in [0.717, 1.165) is 16.6 Å². The van der Waals surface area contributed by atoms with Crippen LogP contribution in [0.25, 0.3) is 10.8 Å². The van der Waals surface area contributed by atoms with E-state index in [1.807, 2.05) is 62.4 Å². The summed E-state index contributed by atoms with van der Waals surface area (Å²) in [4.78, 5) is 14.3. The maximum absolute atomic E-state index is 12.7. The molecule has 0 atom stereocenters. The molecule has 0 radical (unpaired) electrons. The molecule has 0 aliphatic heterocycles. The molecule has 0 aliphatic rings. The SMILES string of the molecule is CN(C(=O)NC(C)(C)c1cccc2ccccc12)c1ccccc1. The van der Waals surface area contributed by atoms with Crippen molar-refractivity contribution in [1.82, 2.24) is 5.32 Å². The van der Waals surface area contributed by atoms with Crippen LogP contribution in [0, 0.1) is 0 Å². The number of anilines is 1. The van der Waals surface area contributed by atoms with Crippen molar-refractivity contribution in [3.05, 3.63) is 78.4 Å². The molecule has 0 heterocycles. The molecule has 0 saturated heterocycles. The minimum atomic E-state index is -0.485. The van der Waals surface area contributed by atoms with Crippen molar-refractivity contribution >= 4 is 22.5 Å². The standard InChI is InChI=1S/C21H22N2O/c1-21(2,19-15-9-11-16-10-7-8-14-18(16)19)22-20(24)23(3)17-12-5-4-6-13-17/h4-15H,1-3H3,(H,22,24). The second kappa shape index (κ2) is 6.36. The van der Waals surface area contributed by atoms with Gasteiger partial charge in [0, 0.05) is 12.7 Å². The maximum Gasteiger partial charge on any atom is 0.322 e. The van der Waals surface area contributed by atoms with E-state index in [1.165, 1.54) is 5.39 Å². The highest BCUT2D eigenvalue weighted by molar-refractivity contribution is 5.93. The van der Waals surface area contributed by atoms with Gasteiger partial charge in [-0.25, -0.2) is 4.79 Å². The topological polar surface area (TPSA) is 32.3 Å². The van der Waals surface area contributed by atoms with E-state index in [1.54, 1.807) is 11.9 Å². The van der Waals surface area contributed by atoms with Gasteiger partial charge >= 0.3 is 6.03 Å². The summed E-state index contributed by atoms with van der Waals surface area (Å²) < 4.78 is 0. The van der Waals surface area contributed by atoms with Crippen LogP contribution in [0.15, 0.2) is 72.8 Å². The van der Waals surface area contributed by atoms with Crippen molar-refractivity contribution in [3.8, 4) is 0 Å². The van der Waals surface area contributed by atoms with Crippen LogP contribution < -0.4 is 10.2 Å². The van der Waals surface area contributed by atoms with Crippen LogP contribution in [0.3, 0.4) is 0 Å². The summed E-state index contributed by atoms with van der Waals surface area (Å²) in [5, 5.41) is 5.48. The van der Waals surface area contributed by atoms with Crippen LogP contribution in [0.4, 0.5) is 10.5 Å². The molecule has 24 heavy (non-hydrogen) atoms. The van der Waals surface area contributed by atoms with Crippen molar-refractivity contribution in [2.75, 3.05) is 11.9 Å². The first kappa shape index (κ1) is 16.1. The Kier molecular flexibility index (Phi) is 4.26. The summed E-state index contributed by atoms with van der Waals surface area (Å²) in [5.41, 5.74) is 1.49. The van der Waals surface area contributed by atoms with Crippen LogP contribution in [0.5, 0.6) is 0 Å². The first-order chi connectivity index (χ1) is 11.5. The van der Waals surface area contributed by atoms with Gasteiger partial charge in [-0.05, 0) is 42.3 Å². The van der Waals surface area contributed by atoms with Crippen molar-refractivity contribution in [2.24, 2.45) is 0 Å². The molecule has 0 saturated carbocycles. The van der Waals surface area contributed by atoms with Crippen LogP contribution >= 0.6 is 0 Å². The fourth-order valence-electron chi connectivity index (χ4n) is 2.96. The first-order valence-corrected chi connectivity index (χ1v) is 8.08. The number of nitrogens with one attached hydrogen (secondary N) is 1. The van der Waals surface area contributed by atoms with E-state index in [0.29, 0.717) is 0 Å². The Balaban J connectivity index is 1.89. The number of hydrogen-bond donors (Lipinski definition) is 1. The normalized spacial score (nSPS) is 11.3. The number of nitrogens with zero attached hydrogens (tertiary/aromatic N) is 1. The smallest absolute Gasteiger partial charge is 0.322 e. The van der Waals surface area contributed by atoms with Gasteiger partial charge in [-0.1, -0.05) is 60.7 Å². The predicted octanol–water partition coefficient (Wildman–Crippen LogP) is 4.92. The minimum absolute atomic E-state index is 0.126. The minimum Gasteiger partial charge on any atom is -0.329 e. The number of amides is 2. The second-order valence-corrected chi connectivity index (χ2v) is 6.48. The van der Waals surface area contributed by atoms with E-state index in [2.05, 4.69) is 29.6 Å². The zero-order chi connectivity index (χ0) is 17.2. The molecule has 3 nitrogen and oxygen atoms in total. The summed E-state index contributed by atoms with van der Waals surface area (Å²) in [7, 11) is 1.78. The van der Waals surface area contributed by atoms with E-state index < -0.39 is 5.54 Å². The molecule has 1 N–H and O–H groups in total. The lowest BCUT2D eigenvalue weighted by Gasteiger charge is -2.31. The highest BCUT2D eigenvalue weighted by Gasteiger charge is 2.26. The summed E-state index contributed by atoms with van der Waals surface area (Å²) in [6.45, 7) is 4.07. The number of rotatable bonds is 3. The van der Waals surface area contributed by atoms with E-state index in [9.17, 15) is 4.79 Å². The average molecular weight is 318 g/mol. The van der Waals surface area contributed by atoms with Crippen molar-refractivity contribution in [1.29, 1.82) is 0 Å².